The molecule has 11 nitrogen and oxygen atoms in total. The molecule has 0 aliphatic carbocycles. The summed E-state index contributed by atoms with van der Waals surface area (Å²) in [4.78, 5) is 37.4. The van der Waals surface area contributed by atoms with E-state index in [9.17, 15) is 14.7 Å². The Labute approximate surface area is 209 Å². The highest BCUT2D eigenvalue weighted by Gasteiger charge is 2.48. The van der Waals surface area contributed by atoms with Crippen LogP contribution in [0.15, 0.2) is 67.0 Å². The van der Waals surface area contributed by atoms with Crippen molar-refractivity contribution in [1.82, 2.24) is 19.5 Å². The molecule has 2 aromatic heterocycles. The maximum Gasteiger partial charge on any atom is 0.338 e. The van der Waals surface area contributed by atoms with Gasteiger partial charge in [-0.15, -0.1) is 0 Å². The number of nitrogen functional groups attached to an aromatic ring is 1. The van der Waals surface area contributed by atoms with Gasteiger partial charge in [0.1, 0.15) is 24.3 Å². The maximum atomic E-state index is 12.8. The number of hydrogen-bond donors (Lipinski definition) is 2. The van der Waals surface area contributed by atoms with Gasteiger partial charge in [-0.1, -0.05) is 36.4 Å². The van der Waals surface area contributed by atoms with Gasteiger partial charge in [0, 0.05) is 0 Å². The molecule has 1 saturated heterocycles. The third kappa shape index (κ3) is 4.59. The van der Waals surface area contributed by atoms with E-state index >= 15 is 0 Å². The van der Waals surface area contributed by atoms with E-state index in [1.165, 1.54) is 10.9 Å². The van der Waals surface area contributed by atoms with Crippen LogP contribution in [-0.2, 0) is 14.2 Å². The standard InChI is InChI=1S/C24H20ClN5O6/c25-24-28-19(26)16-20(29-24)30(12-27-16)21-17(31)18(36-23(33)14-9-5-2-6-10-14)15(35-21)11-34-22(32)13-7-3-1-4-8-13/h1-10,12,15,17-18,21,31H,11H2,(H2,26,28,29)/t15-,17+,18?,21-/m1/s1. The van der Waals surface area contributed by atoms with E-state index in [0.717, 1.165) is 0 Å². The molecule has 0 saturated carbocycles. The number of rotatable bonds is 6. The van der Waals surface area contributed by atoms with Crippen LogP contribution < -0.4 is 5.73 Å². The van der Waals surface area contributed by atoms with Crippen LogP contribution in [0.3, 0.4) is 0 Å². The van der Waals surface area contributed by atoms with Crippen molar-refractivity contribution >= 4 is 40.5 Å². The Morgan fingerprint density at radius 1 is 1.03 bits per heavy atom. The Balaban J connectivity index is 1.42. The van der Waals surface area contributed by atoms with Crippen molar-refractivity contribution in [3.63, 3.8) is 0 Å². The van der Waals surface area contributed by atoms with Crippen LogP contribution >= 0.6 is 11.6 Å². The summed E-state index contributed by atoms with van der Waals surface area (Å²) in [5, 5.41) is 11.1. The van der Waals surface area contributed by atoms with E-state index in [1.807, 2.05) is 0 Å². The molecule has 1 unspecified atom stereocenters. The summed E-state index contributed by atoms with van der Waals surface area (Å²) < 4.78 is 18.5. The van der Waals surface area contributed by atoms with Gasteiger partial charge < -0.3 is 25.1 Å². The Morgan fingerprint density at radius 3 is 2.33 bits per heavy atom. The van der Waals surface area contributed by atoms with Crippen LogP contribution in [0.25, 0.3) is 11.2 Å². The number of nitrogens with zero attached hydrogens (tertiary/aromatic N) is 4. The molecular formula is C24H20ClN5O6. The molecule has 3 N–H and O–H groups in total. The Bertz CT molecular complexity index is 1400. The van der Waals surface area contributed by atoms with E-state index in [-0.39, 0.29) is 34.4 Å². The summed E-state index contributed by atoms with van der Waals surface area (Å²) in [5.74, 6) is -1.21. The van der Waals surface area contributed by atoms with Crippen molar-refractivity contribution in [2.75, 3.05) is 12.3 Å². The molecule has 2 aromatic carbocycles. The number of carbonyl (C=O) groups is 2. The Morgan fingerprint density at radius 2 is 1.67 bits per heavy atom. The van der Waals surface area contributed by atoms with Crippen LogP contribution in [0.5, 0.6) is 0 Å². The number of imidazole rings is 1. The molecule has 12 heteroatoms. The lowest BCUT2D eigenvalue weighted by atomic mass is 10.1. The smallest absolute Gasteiger partial charge is 0.338 e. The number of nitrogens with two attached hydrogens (primary N) is 1. The fourth-order valence-corrected chi connectivity index (χ4v) is 4.08. The van der Waals surface area contributed by atoms with E-state index in [0.29, 0.717) is 5.56 Å². The fourth-order valence-electron chi connectivity index (χ4n) is 3.91. The van der Waals surface area contributed by atoms with Gasteiger partial charge in [-0.05, 0) is 35.9 Å². The first kappa shape index (κ1) is 23.7. The van der Waals surface area contributed by atoms with E-state index < -0.39 is 36.5 Å². The normalized spacial score (nSPS) is 21.4. The van der Waals surface area contributed by atoms with Gasteiger partial charge >= 0.3 is 11.9 Å². The highest BCUT2D eigenvalue weighted by atomic mass is 35.5. The fraction of sp³-hybridized carbons (Fsp3) is 0.208. The molecule has 184 valence electrons. The van der Waals surface area contributed by atoms with Gasteiger partial charge in [-0.2, -0.15) is 9.97 Å². The minimum Gasteiger partial charge on any atom is -0.459 e. The van der Waals surface area contributed by atoms with Crippen molar-refractivity contribution in [2.24, 2.45) is 0 Å². The minimum absolute atomic E-state index is 0.0524. The maximum absolute atomic E-state index is 12.8. The lowest BCUT2D eigenvalue weighted by molar-refractivity contribution is -0.0585. The first-order valence-electron chi connectivity index (χ1n) is 10.9. The number of carbonyl (C=O) groups excluding carboxylic acids is 2. The Kier molecular flexibility index (Phi) is 6.51. The number of anilines is 1. The number of halogens is 1. The SMILES string of the molecule is Nc1nc(Cl)nc2c1ncn2[C@@H]1O[C@H](COC(=O)c2ccccc2)C(OC(=O)c2ccccc2)[C@@H]1O. The van der Waals surface area contributed by atoms with Crippen molar-refractivity contribution in [1.29, 1.82) is 0 Å². The first-order valence-corrected chi connectivity index (χ1v) is 11.3. The second-order valence-electron chi connectivity index (χ2n) is 7.96. The van der Waals surface area contributed by atoms with Crippen molar-refractivity contribution in [2.45, 2.75) is 24.5 Å². The van der Waals surface area contributed by atoms with E-state index in [2.05, 4.69) is 15.0 Å². The number of aromatic nitrogens is 4. The molecular weight excluding hydrogens is 490 g/mol. The van der Waals surface area contributed by atoms with Crippen LogP contribution in [-0.4, -0.2) is 61.5 Å². The van der Waals surface area contributed by atoms with E-state index in [4.69, 9.17) is 31.5 Å². The van der Waals surface area contributed by atoms with Gasteiger partial charge in [0.15, 0.2) is 23.8 Å². The van der Waals surface area contributed by atoms with Crippen LogP contribution in [0.1, 0.15) is 26.9 Å². The number of aliphatic hydroxyl groups excluding tert-OH is 1. The number of fused-ring (bicyclic) bond motifs is 1. The van der Waals surface area contributed by atoms with Gasteiger partial charge in [-0.3, -0.25) is 4.57 Å². The predicted octanol–water partition coefficient (Wildman–Crippen LogP) is 2.40. The zero-order valence-corrected chi connectivity index (χ0v) is 19.4. The third-order valence-corrected chi connectivity index (χ3v) is 5.81. The summed E-state index contributed by atoms with van der Waals surface area (Å²) in [5.41, 5.74) is 6.98. The summed E-state index contributed by atoms with van der Waals surface area (Å²) >= 11 is 5.96. The van der Waals surface area contributed by atoms with Gasteiger partial charge in [0.2, 0.25) is 5.28 Å². The first-order chi connectivity index (χ1) is 17.4. The Hall–Kier alpha value is -4.06. The molecule has 0 bridgehead atoms. The number of aliphatic hydroxyl groups is 1. The lowest BCUT2D eigenvalue weighted by Crippen LogP contribution is -2.38. The summed E-state index contributed by atoms with van der Waals surface area (Å²) in [6.45, 7) is -0.293. The number of esters is 2. The molecule has 0 amide bonds. The predicted molar refractivity (Wildman–Crippen MR) is 127 cm³/mol. The zero-order valence-electron chi connectivity index (χ0n) is 18.6. The highest BCUT2D eigenvalue weighted by molar-refractivity contribution is 6.28. The van der Waals surface area contributed by atoms with Gasteiger partial charge in [0.05, 0.1) is 17.5 Å². The third-order valence-electron chi connectivity index (χ3n) is 5.65. The topological polar surface area (TPSA) is 152 Å². The van der Waals surface area contributed by atoms with Gasteiger partial charge in [0.25, 0.3) is 0 Å². The van der Waals surface area contributed by atoms with E-state index in [1.54, 1.807) is 60.7 Å². The summed E-state index contributed by atoms with van der Waals surface area (Å²) in [6, 6.07) is 16.7. The van der Waals surface area contributed by atoms with Crippen molar-refractivity contribution < 1.29 is 28.9 Å². The largest absolute Gasteiger partial charge is 0.459 e. The van der Waals surface area contributed by atoms with Crippen LogP contribution in [0.2, 0.25) is 5.28 Å². The molecule has 4 aromatic rings. The summed E-state index contributed by atoms with van der Waals surface area (Å²) in [7, 11) is 0. The molecule has 0 spiro atoms. The number of hydrogen-bond acceptors (Lipinski definition) is 10. The molecule has 5 rings (SSSR count). The molecule has 1 aliphatic rings. The number of ether oxygens (including phenoxy) is 3. The lowest BCUT2D eigenvalue weighted by Gasteiger charge is -2.20. The molecule has 0 radical (unpaired) electrons. The molecule has 36 heavy (non-hydrogen) atoms. The second kappa shape index (κ2) is 9.90. The zero-order chi connectivity index (χ0) is 25.2. The highest BCUT2D eigenvalue weighted by Crippen LogP contribution is 2.34. The second-order valence-corrected chi connectivity index (χ2v) is 8.30. The molecule has 1 aliphatic heterocycles. The van der Waals surface area contributed by atoms with Gasteiger partial charge in [-0.25, -0.2) is 14.6 Å². The molecule has 3 heterocycles. The quantitative estimate of drug-likeness (QED) is 0.292. The van der Waals surface area contributed by atoms with Crippen LogP contribution in [0.4, 0.5) is 5.82 Å². The van der Waals surface area contributed by atoms with Crippen molar-refractivity contribution in [3.05, 3.63) is 83.4 Å². The average molecular weight is 510 g/mol. The van der Waals surface area contributed by atoms with Crippen LogP contribution in [0, 0.1) is 0 Å². The average Bonchev–Trinajstić information content (AvgIpc) is 3.44. The molecule has 1 fully saturated rings. The minimum atomic E-state index is -1.37. The summed E-state index contributed by atoms with van der Waals surface area (Å²) in [6.07, 6.45) is -3.30. The van der Waals surface area contributed by atoms with Crippen molar-refractivity contribution in [3.8, 4) is 0 Å². The monoisotopic (exact) mass is 509 g/mol. The molecule has 4 atom stereocenters. The number of benzene rings is 2.